The van der Waals surface area contributed by atoms with Crippen molar-refractivity contribution in [2.45, 2.75) is 33.7 Å². The van der Waals surface area contributed by atoms with Gasteiger partial charge in [0.15, 0.2) is 0 Å². The Morgan fingerprint density at radius 2 is 1.85 bits per heavy atom. The summed E-state index contributed by atoms with van der Waals surface area (Å²) in [6.45, 7) is 8.12. The zero-order valence-corrected chi connectivity index (χ0v) is 16.2. The SMILES string of the molecule is CCOC(=O)C(C)N1C(=O)S/C(=C/c2ccc(OCC(C)C)cc2)C1=O. The van der Waals surface area contributed by atoms with E-state index in [1.54, 1.807) is 13.0 Å². The van der Waals surface area contributed by atoms with Crippen molar-refractivity contribution in [3.05, 3.63) is 34.7 Å². The highest BCUT2D eigenvalue weighted by atomic mass is 32.2. The first-order valence-electron chi connectivity index (χ1n) is 8.50. The van der Waals surface area contributed by atoms with Crippen LogP contribution in [0.3, 0.4) is 0 Å². The molecule has 140 valence electrons. The summed E-state index contributed by atoms with van der Waals surface area (Å²) in [4.78, 5) is 37.7. The molecule has 1 unspecified atom stereocenters. The molecule has 6 nitrogen and oxygen atoms in total. The number of nitrogens with zero attached hydrogens (tertiary/aromatic N) is 1. The van der Waals surface area contributed by atoms with Gasteiger partial charge in [0.1, 0.15) is 11.8 Å². The van der Waals surface area contributed by atoms with E-state index < -0.39 is 23.2 Å². The quantitative estimate of drug-likeness (QED) is 0.533. The lowest BCUT2D eigenvalue weighted by Gasteiger charge is -2.19. The van der Waals surface area contributed by atoms with Crippen molar-refractivity contribution < 1.29 is 23.9 Å². The van der Waals surface area contributed by atoms with Crippen molar-refractivity contribution in [1.82, 2.24) is 4.90 Å². The highest BCUT2D eigenvalue weighted by Gasteiger charge is 2.41. The number of rotatable bonds is 7. The van der Waals surface area contributed by atoms with Crippen LogP contribution in [0.1, 0.15) is 33.3 Å². The molecular weight excluding hydrogens is 354 g/mol. The zero-order valence-electron chi connectivity index (χ0n) is 15.4. The van der Waals surface area contributed by atoms with Gasteiger partial charge in [0.05, 0.1) is 18.1 Å². The third-order valence-electron chi connectivity index (χ3n) is 3.60. The van der Waals surface area contributed by atoms with Gasteiger partial charge >= 0.3 is 5.97 Å². The normalized spacial score (nSPS) is 17.1. The van der Waals surface area contributed by atoms with Crippen molar-refractivity contribution in [1.29, 1.82) is 0 Å². The van der Waals surface area contributed by atoms with Gasteiger partial charge < -0.3 is 9.47 Å². The summed E-state index contributed by atoms with van der Waals surface area (Å²) in [6.07, 6.45) is 1.63. The van der Waals surface area contributed by atoms with E-state index in [0.29, 0.717) is 12.5 Å². The molecule has 0 aromatic heterocycles. The van der Waals surface area contributed by atoms with Crippen molar-refractivity contribution in [3.8, 4) is 5.75 Å². The summed E-state index contributed by atoms with van der Waals surface area (Å²) in [5, 5.41) is -0.473. The Hall–Kier alpha value is -2.28. The Kier molecular flexibility index (Phi) is 6.85. The molecule has 26 heavy (non-hydrogen) atoms. The molecule has 1 saturated heterocycles. The van der Waals surface area contributed by atoms with Crippen LogP contribution in [-0.2, 0) is 14.3 Å². The molecule has 1 aliphatic heterocycles. The van der Waals surface area contributed by atoms with Crippen LogP contribution >= 0.6 is 11.8 Å². The lowest BCUT2D eigenvalue weighted by atomic mass is 10.2. The van der Waals surface area contributed by atoms with E-state index in [-0.39, 0.29) is 11.5 Å². The third-order valence-corrected chi connectivity index (χ3v) is 4.48. The number of hydrogen-bond acceptors (Lipinski definition) is 6. The Bertz CT molecular complexity index is 711. The number of esters is 1. The Labute approximate surface area is 157 Å². The summed E-state index contributed by atoms with van der Waals surface area (Å²) in [6, 6.07) is 6.33. The first-order valence-corrected chi connectivity index (χ1v) is 9.31. The highest BCUT2D eigenvalue weighted by Crippen LogP contribution is 2.34. The molecule has 0 radical (unpaired) electrons. The van der Waals surface area contributed by atoms with Crippen molar-refractivity contribution in [2.75, 3.05) is 13.2 Å². The maximum atomic E-state index is 12.5. The van der Waals surface area contributed by atoms with Gasteiger partial charge in [-0.15, -0.1) is 0 Å². The molecule has 0 bridgehead atoms. The lowest BCUT2D eigenvalue weighted by Crippen LogP contribution is -2.42. The second-order valence-corrected chi connectivity index (χ2v) is 7.25. The van der Waals surface area contributed by atoms with Crippen LogP contribution in [0.2, 0.25) is 0 Å². The van der Waals surface area contributed by atoms with Crippen LogP contribution < -0.4 is 4.74 Å². The maximum absolute atomic E-state index is 12.5. The van der Waals surface area contributed by atoms with Crippen molar-refractivity contribution >= 4 is 35.0 Å². The summed E-state index contributed by atoms with van der Waals surface area (Å²) in [5.74, 6) is 0.103. The predicted octanol–water partition coefficient (Wildman–Crippen LogP) is 3.71. The molecule has 1 aliphatic rings. The molecule has 2 rings (SSSR count). The standard InChI is InChI=1S/C19H23NO5S/c1-5-24-18(22)13(4)20-17(21)16(26-19(20)23)10-14-6-8-15(9-7-14)25-11-12(2)3/h6-10,12-13H,5,11H2,1-4H3/b16-10+. The zero-order chi connectivity index (χ0) is 19.3. The molecule has 1 atom stereocenters. The number of hydrogen-bond donors (Lipinski definition) is 0. The van der Waals surface area contributed by atoms with E-state index in [4.69, 9.17) is 9.47 Å². The number of carbonyl (C=O) groups excluding carboxylic acids is 3. The minimum Gasteiger partial charge on any atom is -0.493 e. The van der Waals surface area contributed by atoms with E-state index in [9.17, 15) is 14.4 Å². The van der Waals surface area contributed by atoms with Crippen LogP contribution in [0.4, 0.5) is 4.79 Å². The molecular formula is C19H23NO5S. The first-order chi connectivity index (χ1) is 12.3. The molecule has 0 N–H and O–H groups in total. The summed E-state index contributed by atoms with van der Waals surface area (Å²) in [5.41, 5.74) is 0.774. The average Bonchev–Trinajstić information content (AvgIpc) is 2.87. The summed E-state index contributed by atoms with van der Waals surface area (Å²) < 4.78 is 10.5. The van der Waals surface area contributed by atoms with Crippen LogP contribution in [0.25, 0.3) is 6.08 Å². The van der Waals surface area contributed by atoms with Crippen LogP contribution in [0, 0.1) is 5.92 Å². The number of amides is 2. The molecule has 0 saturated carbocycles. The predicted molar refractivity (Wildman–Crippen MR) is 101 cm³/mol. The number of carbonyl (C=O) groups is 3. The molecule has 7 heteroatoms. The van der Waals surface area contributed by atoms with Gasteiger partial charge in [-0.2, -0.15) is 0 Å². The Morgan fingerprint density at radius 1 is 1.19 bits per heavy atom. The average molecular weight is 377 g/mol. The second-order valence-electron chi connectivity index (χ2n) is 6.25. The molecule has 1 aromatic carbocycles. The number of imide groups is 1. The van der Waals surface area contributed by atoms with Gasteiger partial charge in [-0.3, -0.25) is 14.5 Å². The van der Waals surface area contributed by atoms with Gasteiger partial charge in [-0.1, -0.05) is 26.0 Å². The topological polar surface area (TPSA) is 72.9 Å². The van der Waals surface area contributed by atoms with Crippen molar-refractivity contribution in [3.63, 3.8) is 0 Å². The smallest absolute Gasteiger partial charge is 0.329 e. The van der Waals surface area contributed by atoms with Crippen LogP contribution in [0.5, 0.6) is 5.75 Å². The van der Waals surface area contributed by atoms with Crippen LogP contribution in [0.15, 0.2) is 29.2 Å². The maximum Gasteiger partial charge on any atom is 0.329 e. The molecule has 0 spiro atoms. The highest BCUT2D eigenvalue weighted by molar-refractivity contribution is 8.18. The van der Waals surface area contributed by atoms with E-state index in [1.165, 1.54) is 6.92 Å². The molecule has 1 fully saturated rings. The molecule has 0 aliphatic carbocycles. The number of thioether (sulfide) groups is 1. The fourth-order valence-corrected chi connectivity index (χ4v) is 3.16. The number of benzene rings is 1. The molecule has 2 amide bonds. The van der Waals surface area contributed by atoms with Gasteiger partial charge in [-0.25, -0.2) is 4.79 Å². The minimum absolute atomic E-state index is 0.195. The fraction of sp³-hybridized carbons (Fsp3) is 0.421. The van der Waals surface area contributed by atoms with Crippen LogP contribution in [-0.4, -0.2) is 41.3 Å². The van der Waals surface area contributed by atoms with Gasteiger partial charge in [-0.05, 0) is 55.3 Å². The van der Waals surface area contributed by atoms with E-state index in [1.807, 2.05) is 24.3 Å². The minimum atomic E-state index is -0.944. The van der Waals surface area contributed by atoms with Gasteiger partial charge in [0, 0.05) is 0 Å². The lowest BCUT2D eigenvalue weighted by molar-refractivity contribution is -0.150. The van der Waals surface area contributed by atoms with E-state index >= 15 is 0 Å². The summed E-state index contributed by atoms with van der Waals surface area (Å²) >= 11 is 0.818. The number of ether oxygens (including phenoxy) is 2. The largest absolute Gasteiger partial charge is 0.493 e. The Balaban J connectivity index is 2.10. The van der Waals surface area contributed by atoms with Gasteiger partial charge in [0.25, 0.3) is 11.1 Å². The fourth-order valence-electron chi connectivity index (χ4n) is 2.26. The van der Waals surface area contributed by atoms with Crippen molar-refractivity contribution in [2.24, 2.45) is 5.92 Å². The molecule has 1 heterocycles. The first kappa shape index (κ1) is 20.0. The van der Waals surface area contributed by atoms with E-state index in [2.05, 4.69) is 13.8 Å². The monoisotopic (exact) mass is 377 g/mol. The summed E-state index contributed by atoms with van der Waals surface area (Å²) in [7, 11) is 0. The third kappa shape index (κ3) is 4.88. The van der Waals surface area contributed by atoms with E-state index in [0.717, 1.165) is 28.0 Å². The second kappa shape index (κ2) is 8.89. The van der Waals surface area contributed by atoms with Gasteiger partial charge in [0.2, 0.25) is 0 Å². The Morgan fingerprint density at radius 3 is 2.42 bits per heavy atom. The molecule has 1 aromatic rings.